The Labute approximate surface area is 183 Å². The zero-order valence-electron chi connectivity index (χ0n) is 16.4. The van der Waals surface area contributed by atoms with E-state index in [-0.39, 0.29) is 15.9 Å². The van der Waals surface area contributed by atoms with Crippen LogP contribution < -0.4 is 14.8 Å². The van der Waals surface area contributed by atoms with Crippen LogP contribution in [0.2, 0.25) is 0 Å². The number of methoxy groups -OCH3 is 1. The van der Waals surface area contributed by atoms with Crippen LogP contribution in [-0.4, -0.2) is 31.4 Å². The third-order valence-corrected chi connectivity index (χ3v) is 6.82. The summed E-state index contributed by atoms with van der Waals surface area (Å²) in [4.78, 5) is 21.0. The van der Waals surface area contributed by atoms with Crippen LogP contribution >= 0.6 is 11.3 Å². The summed E-state index contributed by atoms with van der Waals surface area (Å²) < 4.78 is 33.5. The molecule has 0 atom stereocenters. The standard InChI is InChI=1S/C21H18N4O4S2/c1-29-16-6-8-17(9-7-16)31(27,28)25-21-24-18-10-5-14(12-19(18)30-21)20(26)23-13-15-4-2-3-11-22-15/h2-12H,13H2,1H3,(H,23,26)(H,24,25). The van der Waals surface area contributed by atoms with Crippen molar-refractivity contribution in [1.29, 1.82) is 0 Å². The van der Waals surface area contributed by atoms with Gasteiger partial charge in [-0.3, -0.25) is 14.5 Å². The van der Waals surface area contributed by atoms with Gasteiger partial charge in [-0.1, -0.05) is 17.4 Å². The molecule has 8 nitrogen and oxygen atoms in total. The van der Waals surface area contributed by atoms with E-state index in [9.17, 15) is 13.2 Å². The molecule has 0 fully saturated rings. The molecule has 4 rings (SSSR count). The number of amides is 1. The second-order valence-electron chi connectivity index (χ2n) is 6.49. The Hall–Kier alpha value is -3.50. The van der Waals surface area contributed by atoms with Crippen molar-refractivity contribution >= 4 is 42.6 Å². The molecule has 158 valence electrons. The number of thiazole rings is 1. The molecular formula is C21H18N4O4S2. The van der Waals surface area contributed by atoms with E-state index in [2.05, 4.69) is 20.0 Å². The predicted octanol–water partition coefficient (Wildman–Crippen LogP) is 3.43. The molecule has 0 radical (unpaired) electrons. The van der Waals surface area contributed by atoms with Crippen molar-refractivity contribution in [1.82, 2.24) is 15.3 Å². The number of pyridine rings is 1. The molecule has 0 unspecified atom stereocenters. The van der Waals surface area contributed by atoms with Crippen LogP contribution in [0.25, 0.3) is 10.2 Å². The number of rotatable bonds is 7. The number of ether oxygens (including phenoxy) is 1. The number of benzene rings is 2. The van der Waals surface area contributed by atoms with Gasteiger partial charge in [0.15, 0.2) is 5.13 Å². The summed E-state index contributed by atoms with van der Waals surface area (Å²) in [7, 11) is -2.29. The number of carbonyl (C=O) groups excluding carboxylic acids is 1. The van der Waals surface area contributed by atoms with Crippen molar-refractivity contribution in [2.75, 3.05) is 11.8 Å². The molecule has 2 aromatic carbocycles. The number of sulfonamides is 1. The van der Waals surface area contributed by atoms with Gasteiger partial charge in [0.2, 0.25) is 0 Å². The van der Waals surface area contributed by atoms with Crippen molar-refractivity contribution < 1.29 is 17.9 Å². The maximum Gasteiger partial charge on any atom is 0.263 e. The lowest BCUT2D eigenvalue weighted by molar-refractivity contribution is 0.0950. The van der Waals surface area contributed by atoms with Crippen LogP contribution in [0.3, 0.4) is 0 Å². The van der Waals surface area contributed by atoms with E-state index in [0.717, 1.165) is 17.0 Å². The fraction of sp³-hybridized carbons (Fsp3) is 0.0952. The van der Waals surface area contributed by atoms with E-state index in [1.54, 1.807) is 36.5 Å². The van der Waals surface area contributed by atoms with Crippen LogP contribution in [0, 0.1) is 0 Å². The second-order valence-corrected chi connectivity index (χ2v) is 9.20. The smallest absolute Gasteiger partial charge is 0.263 e. The first-order valence-electron chi connectivity index (χ1n) is 9.20. The average molecular weight is 455 g/mol. The molecule has 0 spiro atoms. The number of carbonyl (C=O) groups is 1. The lowest BCUT2D eigenvalue weighted by Gasteiger charge is -2.05. The van der Waals surface area contributed by atoms with Crippen LogP contribution in [0.1, 0.15) is 16.1 Å². The second kappa shape index (κ2) is 8.70. The van der Waals surface area contributed by atoms with Gasteiger partial charge in [-0.05, 0) is 54.6 Å². The highest BCUT2D eigenvalue weighted by Crippen LogP contribution is 2.29. The highest BCUT2D eigenvalue weighted by Gasteiger charge is 2.17. The molecule has 0 saturated heterocycles. The van der Waals surface area contributed by atoms with Gasteiger partial charge in [0.05, 0.1) is 34.5 Å². The van der Waals surface area contributed by atoms with Gasteiger partial charge in [-0.25, -0.2) is 13.4 Å². The molecule has 2 heterocycles. The van der Waals surface area contributed by atoms with E-state index in [0.29, 0.717) is 28.1 Å². The van der Waals surface area contributed by atoms with E-state index < -0.39 is 10.0 Å². The topological polar surface area (TPSA) is 110 Å². The van der Waals surface area contributed by atoms with E-state index in [1.807, 2.05) is 18.2 Å². The molecule has 2 N–H and O–H groups in total. The Morgan fingerprint density at radius 3 is 2.61 bits per heavy atom. The maximum absolute atomic E-state index is 12.6. The van der Waals surface area contributed by atoms with Crippen molar-refractivity contribution in [3.05, 3.63) is 78.1 Å². The third kappa shape index (κ3) is 4.81. The summed E-state index contributed by atoms with van der Waals surface area (Å²) in [5.74, 6) is 0.314. The molecule has 0 aliphatic heterocycles. The summed E-state index contributed by atoms with van der Waals surface area (Å²) >= 11 is 1.15. The van der Waals surface area contributed by atoms with Crippen molar-refractivity contribution in [2.45, 2.75) is 11.4 Å². The van der Waals surface area contributed by atoms with Crippen molar-refractivity contribution in [3.8, 4) is 5.75 Å². The average Bonchev–Trinajstić information content (AvgIpc) is 3.18. The van der Waals surface area contributed by atoms with Gasteiger partial charge in [-0.2, -0.15) is 0 Å². The molecule has 0 aliphatic rings. The van der Waals surface area contributed by atoms with Crippen molar-refractivity contribution in [3.63, 3.8) is 0 Å². The highest BCUT2D eigenvalue weighted by atomic mass is 32.2. The van der Waals surface area contributed by atoms with E-state index in [4.69, 9.17) is 4.74 Å². The van der Waals surface area contributed by atoms with Gasteiger partial charge >= 0.3 is 0 Å². The number of nitrogens with one attached hydrogen (secondary N) is 2. The zero-order chi connectivity index (χ0) is 21.8. The first kappa shape index (κ1) is 20.8. The predicted molar refractivity (Wildman–Crippen MR) is 119 cm³/mol. The Kier molecular flexibility index (Phi) is 5.83. The minimum Gasteiger partial charge on any atom is -0.497 e. The van der Waals surface area contributed by atoms with E-state index in [1.165, 1.54) is 19.2 Å². The van der Waals surface area contributed by atoms with Crippen LogP contribution in [0.4, 0.5) is 5.13 Å². The molecule has 1 amide bonds. The molecule has 31 heavy (non-hydrogen) atoms. The number of hydrogen-bond donors (Lipinski definition) is 2. The Morgan fingerprint density at radius 1 is 1.10 bits per heavy atom. The first-order valence-corrected chi connectivity index (χ1v) is 11.5. The molecule has 0 aliphatic carbocycles. The number of nitrogens with zero attached hydrogens (tertiary/aromatic N) is 2. The summed E-state index contributed by atoms with van der Waals surface area (Å²) in [5, 5.41) is 3.04. The number of anilines is 1. The lowest BCUT2D eigenvalue weighted by Crippen LogP contribution is -2.23. The molecule has 4 aromatic rings. The van der Waals surface area contributed by atoms with Gasteiger partial charge < -0.3 is 10.1 Å². The summed E-state index contributed by atoms with van der Waals surface area (Å²) in [6.45, 7) is 0.313. The minimum atomic E-state index is -3.80. The zero-order valence-corrected chi connectivity index (χ0v) is 18.0. The maximum atomic E-state index is 12.6. The van der Waals surface area contributed by atoms with Crippen LogP contribution in [-0.2, 0) is 16.6 Å². The quantitative estimate of drug-likeness (QED) is 0.443. The lowest BCUT2D eigenvalue weighted by atomic mass is 10.2. The molecule has 2 aromatic heterocycles. The fourth-order valence-corrected chi connectivity index (χ4v) is 4.95. The monoisotopic (exact) mass is 454 g/mol. The summed E-state index contributed by atoms with van der Waals surface area (Å²) in [5.41, 5.74) is 1.81. The minimum absolute atomic E-state index is 0.0992. The van der Waals surface area contributed by atoms with Gasteiger partial charge in [0.25, 0.3) is 15.9 Å². The van der Waals surface area contributed by atoms with Crippen molar-refractivity contribution in [2.24, 2.45) is 0 Å². The molecule has 0 saturated carbocycles. The van der Waals surface area contributed by atoms with Crippen LogP contribution in [0.5, 0.6) is 5.75 Å². The molecular weight excluding hydrogens is 436 g/mol. The molecule has 0 bridgehead atoms. The SMILES string of the molecule is COc1ccc(S(=O)(=O)Nc2nc3ccc(C(=O)NCc4ccccn4)cc3s2)cc1. The highest BCUT2D eigenvalue weighted by molar-refractivity contribution is 7.93. The third-order valence-electron chi connectivity index (χ3n) is 4.40. The fourth-order valence-electron chi connectivity index (χ4n) is 2.81. The Morgan fingerprint density at radius 2 is 1.90 bits per heavy atom. The Bertz CT molecular complexity index is 1320. The van der Waals surface area contributed by atoms with Crippen LogP contribution in [0.15, 0.2) is 71.8 Å². The number of aromatic nitrogens is 2. The first-order chi connectivity index (χ1) is 14.9. The summed E-state index contributed by atoms with van der Waals surface area (Å²) in [6.07, 6.45) is 1.67. The van der Waals surface area contributed by atoms with Gasteiger partial charge in [0, 0.05) is 11.8 Å². The largest absolute Gasteiger partial charge is 0.497 e. The normalized spacial score (nSPS) is 11.3. The van der Waals surface area contributed by atoms with E-state index >= 15 is 0 Å². The summed E-state index contributed by atoms with van der Waals surface area (Å²) in [6, 6.07) is 16.6. The number of fused-ring (bicyclic) bond motifs is 1. The van der Waals surface area contributed by atoms with Gasteiger partial charge in [0.1, 0.15) is 5.75 Å². The van der Waals surface area contributed by atoms with Gasteiger partial charge in [-0.15, -0.1) is 0 Å². The number of hydrogen-bond acceptors (Lipinski definition) is 7. The Balaban J connectivity index is 1.49. The molecule has 10 heteroatoms.